The molecule has 1 amide bonds. The molecule has 0 aliphatic carbocycles. The minimum Gasteiger partial charge on any atom is -0.338 e. The maximum absolute atomic E-state index is 12.0. The smallest absolute Gasteiger partial charge is 0.240 e. The summed E-state index contributed by atoms with van der Waals surface area (Å²) in [4.78, 5) is 12.0. The highest BCUT2D eigenvalue weighted by molar-refractivity contribution is 8.00. The summed E-state index contributed by atoms with van der Waals surface area (Å²) in [6.07, 6.45) is 0. The van der Waals surface area contributed by atoms with Crippen LogP contribution in [0.15, 0.2) is 15.7 Å². The fourth-order valence-corrected chi connectivity index (χ4v) is 2.37. The van der Waals surface area contributed by atoms with E-state index in [0.29, 0.717) is 16.7 Å². The average Bonchev–Trinajstić information content (AvgIpc) is 2.98. The Kier molecular flexibility index (Phi) is 4.38. The predicted molar refractivity (Wildman–Crippen MR) is 73.4 cm³/mol. The van der Waals surface area contributed by atoms with Crippen molar-refractivity contribution in [1.29, 1.82) is 0 Å². The lowest BCUT2D eigenvalue weighted by Gasteiger charge is -2.11. The van der Waals surface area contributed by atoms with Gasteiger partial charge in [-0.3, -0.25) is 10.1 Å². The Morgan fingerprint density at radius 3 is 2.80 bits per heavy atom. The zero-order valence-corrected chi connectivity index (χ0v) is 12.5. The van der Waals surface area contributed by atoms with E-state index in [1.165, 1.54) is 11.8 Å². The zero-order valence-electron chi connectivity index (χ0n) is 11.7. The van der Waals surface area contributed by atoms with Crippen LogP contribution >= 0.6 is 11.8 Å². The van der Waals surface area contributed by atoms with Gasteiger partial charge in [0.25, 0.3) is 0 Å². The van der Waals surface area contributed by atoms with Gasteiger partial charge in [0.1, 0.15) is 0 Å². The Morgan fingerprint density at radius 2 is 2.20 bits per heavy atom. The Morgan fingerprint density at radius 1 is 1.45 bits per heavy atom. The number of hydrogen-bond acceptors (Lipinski definition) is 7. The van der Waals surface area contributed by atoms with Crippen LogP contribution in [0.25, 0.3) is 0 Å². The number of carbonyl (C=O) groups excluding carboxylic acids is 1. The summed E-state index contributed by atoms with van der Waals surface area (Å²) in [5.74, 6) is 0.146. The van der Waals surface area contributed by atoms with Gasteiger partial charge in [-0.05, 0) is 38.1 Å². The number of nitrogens with zero attached hydrogens (tertiary/aromatic N) is 5. The molecule has 9 heteroatoms. The highest BCUT2D eigenvalue weighted by Crippen LogP contribution is 2.23. The van der Waals surface area contributed by atoms with Crippen molar-refractivity contribution in [2.45, 2.75) is 44.1 Å². The van der Waals surface area contributed by atoms with Crippen LogP contribution in [0.4, 0.5) is 5.88 Å². The topological polar surface area (TPSA) is 98.7 Å². The highest BCUT2D eigenvalue weighted by atomic mass is 32.2. The van der Waals surface area contributed by atoms with E-state index in [1.807, 2.05) is 13.8 Å². The second-order valence-electron chi connectivity index (χ2n) is 4.58. The third-order valence-corrected chi connectivity index (χ3v) is 3.52. The molecular formula is C11H16N6O2S. The highest BCUT2D eigenvalue weighted by Gasteiger charge is 2.20. The van der Waals surface area contributed by atoms with E-state index < -0.39 is 0 Å². The molecule has 0 aromatic carbocycles. The number of amides is 1. The molecule has 0 fully saturated rings. The summed E-state index contributed by atoms with van der Waals surface area (Å²) in [7, 11) is 0. The third kappa shape index (κ3) is 3.35. The van der Waals surface area contributed by atoms with Crippen molar-refractivity contribution in [2.24, 2.45) is 0 Å². The fourth-order valence-electron chi connectivity index (χ4n) is 1.44. The molecular weight excluding hydrogens is 280 g/mol. The van der Waals surface area contributed by atoms with Gasteiger partial charge in [0, 0.05) is 6.07 Å². The number of carbonyl (C=O) groups is 1. The summed E-state index contributed by atoms with van der Waals surface area (Å²) in [5, 5.41) is 18.1. The first-order chi connectivity index (χ1) is 9.47. The Balaban J connectivity index is 1.98. The molecule has 2 aromatic rings. The molecule has 2 heterocycles. The monoisotopic (exact) mass is 296 g/mol. The first-order valence-corrected chi connectivity index (χ1v) is 7.04. The molecule has 0 bridgehead atoms. The van der Waals surface area contributed by atoms with Crippen molar-refractivity contribution < 1.29 is 9.32 Å². The van der Waals surface area contributed by atoms with Crippen LogP contribution in [-0.4, -0.2) is 36.5 Å². The number of tetrazole rings is 1. The molecule has 8 nitrogen and oxygen atoms in total. The van der Waals surface area contributed by atoms with Crippen molar-refractivity contribution in [2.75, 3.05) is 5.32 Å². The SMILES string of the molecule is Cc1cc(NC(=O)C(C)Sc2nnnn2C(C)C)on1. The molecule has 0 spiro atoms. The van der Waals surface area contributed by atoms with Gasteiger partial charge in [-0.25, -0.2) is 4.68 Å². The van der Waals surface area contributed by atoms with E-state index in [2.05, 4.69) is 26.0 Å². The van der Waals surface area contributed by atoms with Crippen LogP contribution in [0.1, 0.15) is 32.5 Å². The second-order valence-corrected chi connectivity index (χ2v) is 5.89. The molecule has 0 saturated heterocycles. The standard InChI is InChI=1S/C11H16N6O2S/c1-6(2)17-11(13-15-16-17)20-8(4)10(18)12-9-5-7(3)14-19-9/h5-6,8H,1-4H3,(H,12,18). The van der Waals surface area contributed by atoms with Crippen LogP contribution < -0.4 is 5.32 Å². The lowest BCUT2D eigenvalue weighted by Crippen LogP contribution is -2.22. The molecule has 20 heavy (non-hydrogen) atoms. The summed E-state index contributed by atoms with van der Waals surface area (Å²) in [6.45, 7) is 7.52. The maximum atomic E-state index is 12.0. The number of anilines is 1. The normalized spacial score (nSPS) is 12.7. The van der Waals surface area contributed by atoms with Gasteiger partial charge >= 0.3 is 0 Å². The Bertz CT molecular complexity index is 593. The molecule has 0 radical (unpaired) electrons. The molecule has 2 aromatic heterocycles. The lowest BCUT2D eigenvalue weighted by molar-refractivity contribution is -0.115. The van der Waals surface area contributed by atoms with Crippen molar-refractivity contribution in [1.82, 2.24) is 25.4 Å². The molecule has 1 unspecified atom stereocenters. The van der Waals surface area contributed by atoms with Gasteiger partial charge in [-0.1, -0.05) is 16.9 Å². The number of aryl methyl sites for hydroxylation is 1. The van der Waals surface area contributed by atoms with Crippen LogP contribution in [0.3, 0.4) is 0 Å². The predicted octanol–water partition coefficient (Wildman–Crippen LogP) is 1.67. The number of nitrogens with one attached hydrogen (secondary N) is 1. The molecule has 0 aliphatic heterocycles. The lowest BCUT2D eigenvalue weighted by atomic mass is 10.4. The number of thioether (sulfide) groups is 1. The molecule has 108 valence electrons. The van der Waals surface area contributed by atoms with Gasteiger partial charge in [0.2, 0.25) is 16.9 Å². The molecule has 1 atom stereocenters. The number of rotatable bonds is 5. The van der Waals surface area contributed by atoms with E-state index in [0.717, 1.165) is 0 Å². The first-order valence-electron chi connectivity index (χ1n) is 6.16. The Labute approximate surface area is 120 Å². The van der Waals surface area contributed by atoms with Gasteiger partial charge in [0.15, 0.2) is 0 Å². The van der Waals surface area contributed by atoms with E-state index >= 15 is 0 Å². The van der Waals surface area contributed by atoms with Gasteiger partial charge in [-0.2, -0.15) is 0 Å². The van der Waals surface area contributed by atoms with Crippen LogP contribution in [0, 0.1) is 6.92 Å². The van der Waals surface area contributed by atoms with Crippen LogP contribution in [0.2, 0.25) is 0 Å². The fraction of sp³-hybridized carbons (Fsp3) is 0.545. The van der Waals surface area contributed by atoms with Crippen LogP contribution in [-0.2, 0) is 4.79 Å². The third-order valence-electron chi connectivity index (χ3n) is 2.48. The quantitative estimate of drug-likeness (QED) is 0.838. The minimum absolute atomic E-state index is 0.139. The summed E-state index contributed by atoms with van der Waals surface area (Å²) < 4.78 is 6.62. The number of hydrogen-bond donors (Lipinski definition) is 1. The van der Waals surface area contributed by atoms with Gasteiger partial charge in [0.05, 0.1) is 17.0 Å². The summed E-state index contributed by atoms with van der Waals surface area (Å²) in [5.41, 5.74) is 0.712. The first kappa shape index (κ1) is 14.5. The molecule has 1 N–H and O–H groups in total. The van der Waals surface area contributed by atoms with Crippen molar-refractivity contribution >= 4 is 23.6 Å². The van der Waals surface area contributed by atoms with E-state index in [9.17, 15) is 4.79 Å². The second kappa shape index (κ2) is 6.04. The maximum Gasteiger partial charge on any atom is 0.240 e. The van der Waals surface area contributed by atoms with E-state index in [1.54, 1.807) is 24.6 Å². The summed E-state index contributed by atoms with van der Waals surface area (Å²) in [6, 6.07) is 1.80. The zero-order chi connectivity index (χ0) is 14.7. The van der Waals surface area contributed by atoms with Gasteiger partial charge in [-0.15, -0.1) is 5.10 Å². The van der Waals surface area contributed by atoms with E-state index in [-0.39, 0.29) is 17.2 Å². The average molecular weight is 296 g/mol. The van der Waals surface area contributed by atoms with E-state index in [4.69, 9.17) is 4.52 Å². The number of aromatic nitrogens is 5. The molecule has 0 saturated carbocycles. The molecule has 0 aliphatic rings. The molecule has 2 rings (SSSR count). The van der Waals surface area contributed by atoms with Crippen LogP contribution in [0.5, 0.6) is 0 Å². The summed E-state index contributed by atoms with van der Waals surface area (Å²) >= 11 is 1.29. The van der Waals surface area contributed by atoms with Gasteiger partial charge < -0.3 is 4.52 Å². The van der Waals surface area contributed by atoms with Crippen molar-refractivity contribution in [3.63, 3.8) is 0 Å². The largest absolute Gasteiger partial charge is 0.338 e. The Hall–Kier alpha value is -1.90. The van der Waals surface area contributed by atoms with Crippen molar-refractivity contribution in [3.05, 3.63) is 11.8 Å². The minimum atomic E-state index is -0.357. The van der Waals surface area contributed by atoms with Crippen molar-refractivity contribution in [3.8, 4) is 0 Å².